The van der Waals surface area contributed by atoms with Crippen LogP contribution in [0.15, 0.2) is 0 Å². The van der Waals surface area contributed by atoms with Crippen molar-refractivity contribution in [1.29, 1.82) is 0 Å². The molecule has 4 nitrogen and oxygen atoms in total. The molecular weight excluding hydrogens is 208 g/mol. The molecule has 0 heterocycles. The van der Waals surface area contributed by atoms with Crippen molar-refractivity contribution in [1.82, 2.24) is 0 Å². The van der Waals surface area contributed by atoms with Crippen molar-refractivity contribution in [2.24, 2.45) is 5.92 Å². The van der Waals surface area contributed by atoms with Crippen LogP contribution in [0.5, 0.6) is 0 Å². The summed E-state index contributed by atoms with van der Waals surface area (Å²) in [5.74, 6) is -0.968. The van der Waals surface area contributed by atoms with Gasteiger partial charge in [0, 0.05) is 0 Å². The van der Waals surface area contributed by atoms with E-state index in [0.717, 1.165) is 19.3 Å². The Morgan fingerprint density at radius 2 is 1.75 bits per heavy atom. The number of ether oxygens (including phenoxy) is 2. The largest absolute Gasteiger partial charge is 0.463 e. The Kier molecular flexibility index (Phi) is 7.60. The fourth-order valence-corrected chi connectivity index (χ4v) is 1.23. The van der Waals surface area contributed by atoms with Gasteiger partial charge in [0.1, 0.15) is 0 Å². The highest BCUT2D eigenvalue weighted by atomic mass is 16.6. The first kappa shape index (κ1) is 14.9. The van der Waals surface area contributed by atoms with Crippen molar-refractivity contribution in [3.63, 3.8) is 0 Å². The molecule has 0 bridgehead atoms. The Hall–Kier alpha value is -1.06. The van der Waals surface area contributed by atoms with Crippen LogP contribution in [0.25, 0.3) is 0 Å². The summed E-state index contributed by atoms with van der Waals surface area (Å²) in [7, 11) is 0. The lowest BCUT2D eigenvalue weighted by Crippen LogP contribution is -2.28. The van der Waals surface area contributed by atoms with Gasteiger partial charge in [0.05, 0.1) is 12.5 Å². The van der Waals surface area contributed by atoms with Crippen LogP contribution in [0.2, 0.25) is 0 Å². The smallest absolute Gasteiger partial charge is 0.347 e. The molecule has 0 saturated carbocycles. The average molecular weight is 230 g/mol. The minimum absolute atomic E-state index is 0.156. The van der Waals surface area contributed by atoms with Gasteiger partial charge in [-0.1, -0.05) is 26.7 Å². The van der Waals surface area contributed by atoms with E-state index in [2.05, 4.69) is 6.92 Å². The monoisotopic (exact) mass is 230 g/mol. The standard InChI is InChI=1S/C12H22O4/c1-5-7-8-9(3)11(13)16-10(4)12(14)15-6-2/h9-10H,5-8H2,1-4H3. The molecule has 0 aromatic carbocycles. The van der Waals surface area contributed by atoms with Crippen molar-refractivity contribution in [3.05, 3.63) is 0 Å². The second-order valence-corrected chi connectivity index (χ2v) is 3.87. The molecule has 0 aromatic rings. The number of carbonyl (C=O) groups excluding carboxylic acids is 2. The second-order valence-electron chi connectivity index (χ2n) is 3.87. The summed E-state index contributed by atoms with van der Waals surface area (Å²) in [6.07, 6.45) is 2.02. The molecule has 0 aliphatic rings. The predicted octanol–water partition coefficient (Wildman–Crippen LogP) is 2.31. The number of carbonyl (C=O) groups is 2. The molecule has 2 atom stereocenters. The zero-order valence-corrected chi connectivity index (χ0v) is 10.6. The van der Waals surface area contributed by atoms with Crippen LogP contribution in [0, 0.1) is 5.92 Å². The van der Waals surface area contributed by atoms with Crippen molar-refractivity contribution >= 4 is 11.9 Å². The Morgan fingerprint density at radius 3 is 2.25 bits per heavy atom. The summed E-state index contributed by atoms with van der Waals surface area (Å²) in [6.45, 7) is 7.43. The fourth-order valence-electron chi connectivity index (χ4n) is 1.23. The molecule has 2 unspecified atom stereocenters. The minimum Gasteiger partial charge on any atom is -0.463 e. The van der Waals surface area contributed by atoms with Crippen LogP contribution in [-0.4, -0.2) is 24.6 Å². The summed E-state index contributed by atoms with van der Waals surface area (Å²) in [5, 5.41) is 0. The molecule has 0 aliphatic heterocycles. The Labute approximate surface area is 97.3 Å². The molecule has 0 rings (SSSR count). The van der Waals surface area contributed by atoms with Crippen LogP contribution in [0.1, 0.15) is 47.0 Å². The van der Waals surface area contributed by atoms with Crippen LogP contribution >= 0.6 is 0 Å². The van der Waals surface area contributed by atoms with Crippen molar-refractivity contribution in [2.45, 2.75) is 53.1 Å². The molecule has 0 radical (unpaired) electrons. The first-order valence-electron chi connectivity index (χ1n) is 5.90. The van der Waals surface area contributed by atoms with E-state index in [1.165, 1.54) is 6.92 Å². The van der Waals surface area contributed by atoms with Gasteiger partial charge in [0.25, 0.3) is 0 Å². The maximum absolute atomic E-state index is 11.5. The SMILES string of the molecule is CCCCC(C)C(=O)OC(C)C(=O)OCC. The number of hydrogen-bond donors (Lipinski definition) is 0. The third-order valence-electron chi connectivity index (χ3n) is 2.30. The van der Waals surface area contributed by atoms with Gasteiger partial charge >= 0.3 is 11.9 Å². The Balaban J connectivity index is 3.97. The van der Waals surface area contributed by atoms with E-state index < -0.39 is 12.1 Å². The van der Waals surface area contributed by atoms with E-state index in [9.17, 15) is 9.59 Å². The first-order valence-corrected chi connectivity index (χ1v) is 5.90. The maximum Gasteiger partial charge on any atom is 0.347 e. The lowest BCUT2D eigenvalue weighted by molar-refractivity contribution is -0.168. The van der Waals surface area contributed by atoms with Crippen molar-refractivity contribution in [2.75, 3.05) is 6.61 Å². The molecule has 4 heteroatoms. The van der Waals surface area contributed by atoms with Crippen LogP contribution in [0.4, 0.5) is 0 Å². The van der Waals surface area contributed by atoms with E-state index in [1.54, 1.807) is 6.92 Å². The van der Waals surface area contributed by atoms with Gasteiger partial charge < -0.3 is 9.47 Å². The Bertz CT molecular complexity index is 225. The van der Waals surface area contributed by atoms with Gasteiger partial charge in [-0.05, 0) is 20.3 Å². The molecule has 0 spiro atoms. The van der Waals surface area contributed by atoms with Crippen LogP contribution in [-0.2, 0) is 19.1 Å². The number of unbranched alkanes of at least 4 members (excludes halogenated alkanes) is 1. The van der Waals surface area contributed by atoms with E-state index in [-0.39, 0.29) is 11.9 Å². The highest BCUT2D eigenvalue weighted by Gasteiger charge is 2.22. The molecule has 0 N–H and O–H groups in total. The van der Waals surface area contributed by atoms with E-state index in [1.807, 2.05) is 6.92 Å². The topological polar surface area (TPSA) is 52.6 Å². The zero-order valence-electron chi connectivity index (χ0n) is 10.6. The second kappa shape index (κ2) is 8.13. The summed E-state index contributed by atoms with van der Waals surface area (Å²) in [4.78, 5) is 22.8. The van der Waals surface area contributed by atoms with Gasteiger partial charge in [-0.2, -0.15) is 0 Å². The van der Waals surface area contributed by atoms with Crippen molar-refractivity contribution < 1.29 is 19.1 Å². The third-order valence-corrected chi connectivity index (χ3v) is 2.30. The molecule has 0 aliphatic carbocycles. The molecular formula is C12H22O4. The highest BCUT2D eigenvalue weighted by molar-refractivity contribution is 5.79. The number of hydrogen-bond acceptors (Lipinski definition) is 4. The fraction of sp³-hybridized carbons (Fsp3) is 0.833. The van der Waals surface area contributed by atoms with E-state index in [4.69, 9.17) is 9.47 Å². The summed E-state index contributed by atoms with van der Waals surface area (Å²) in [6, 6.07) is 0. The quantitative estimate of drug-likeness (QED) is 0.630. The summed E-state index contributed by atoms with van der Waals surface area (Å²) >= 11 is 0. The van der Waals surface area contributed by atoms with E-state index >= 15 is 0 Å². The Morgan fingerprint density at radius 1 is 1.12 bits per heavy atom. The normalized spacial score (nSPS) is 14.0. The van der Waals surface area contributed by atoms with Gasteiger partial charge in [0.15, 0.2) is 6.10 Å². The van der Waals surface area contributed by atoms with Crippen molar-refractivity contribution in [3.8, 4) is 0 Å². The van der Waals surface area contributed by atoms with Gasteiger partial charge in [-0.3, -0.25) is 4.79 Å². The van der Waals surface area contributed by atoms with Crippen LogP contribution in [0.3, 0.4) is 0 Å². The molecule has 94 valence electrons. The molecule has 0 aromatic heterocycles. The predicted molar refractivity (Wildman–Crippen MR) is 60.9 cm³/mol. The average Bonchev–Trinajstić information content (AvgIpc) is 2.25. The van der Waals surface area contributed by atoms with Gasteiger partial charge in [0.2, 0.25) is 0 Å². The number of esters is 2. The summed E-state index contributed by atoms with van der Waals surface area (Å²) in [5.41, 5.74) is 0. The van der Waals surface area contributed by atoms with Crippen LogP contribution < -0.4 is 0 Å². The summed E-state index contributed by atoms with van der Waals surface area (Å²) < 4.78 is 9.76. The lowest BCUT2D eigenvalue weighted by atomic mass is 10.1. The molecule has 0 saturated heterocycles. The first-order chi connectivity index (χ1) is 7.52. The van der Waals surface area contributed by atoms with Gasteiger partial charge in [-0.25, -0.2) is 4.79 Å². The highest BCUT2D eigenvalue weighted by Crippen LogP contribution is 2.11. The molecule has 16 heavy (non-hydrogen) atoms. The number of rotatable bonds is 7. The minimum atomic E-state index is -0.809. The molecule has 0 amide bonds. The lowest BCUT2D eigenvalue weighted by Gasteiger charge is -2.15. The van der Waals surface area contributed by atoms with E-state index in [0.29, 0.717) is 6.61 Å². The zero-order chi connectivity index (χ0) is 12.6. The third kappa shape index (κ3) is 5.73. The maximum atomic E-state index is 11.5. The molecule has 0 fully saturated rings. The van der Waals surface area contributed by atoms with Gasteiger partial charge in [-0.15, -0.1) is 0 Å².